The molecular formula is C10H11BrClNO3. The Morgan fingerprint density at radius 3 is 2.88 bits per heavy atom. The van der Waals surface area contributed by atoms with Gasteiger partial charge in [0.1, 0.15) is 11.5 Å². The number of ether oxygens (including phenoxy) is 1. The van der Waals surface area contributed by atoms with Gasteiger partial charge in [0.05, 0.1) is 11.6 Å². The topological polar surface area (TPSA) is 58.6 Å². The van der Waals surface area contributed by atoms with Crippen LogP contribution in [0, 0.1) is 0 Å². The van der Waals surface area contributed by atoms with Crippen LogP contribution < -0.4 is 10.1 Å². The maximum absolute atomic E-state index is 10.5. The van der Waals surface area contributed by atoms with Gasteiger partial charge in [-0.15, -0.1) is 0 Å². The van der Waals surface area contributed by atoms with Crippen LogP contribution in [0.3, 0.4) is 0 Å². The van der Waals surface area contributed by atoms with Gasteiger partial charge in [-0.3, -0.25) is 4.79 Å². The first-order valence-corrected chi connectivity index (χ1v) is 5.70. The summed E-state index contributed by atoms with van der Waals surface area (Å²) in [6.07, 6.45) is 0.530. The molecule has 4 nitrogen and oxygen atoms in total. The van der Waals surface area contributed by atoms with E-state index in [1.807, 2.05) is 0 Å². The molecule has 0 saturated heterocycles. The van der Waals surface area contributed by atoms with Gasteiger partial charge in [-0.25, -0.2) is 0 Å². The van der Waals surface area contributed by atoms with E-state index >= 15 is 0 Å². The van der Waals surface area contributed by atoms with Crippen molar-refractivity contribution in [3.63, 3.8) is 0 Å². The molecule has 1 amide bonds. The third kappa shape index (κ3) is 3.57. The number of phenolic OH excluding ortho intramolecular Hbond substituents is 1. The Bertz CT molecular complexity index is 398. The molecule has 1 aromatic carbocycles. The summed E-state index contributed by atoms with van der Waals surface area (Å²) in [4.78, 5) is 10.5. The number of carbonyl (C=O) groups is 1. The summed E-state index contributed by atoms with van der Waals surface area (Å²) in [5.41, 5.74) is 0.800. The Labute approximate surface area is 107 Å². The summed E-state index contributed by atoms with van der Waals surface area (Å²) in [6, 6.07) is 3.26. The number of phenols is 1. The minimum atomic E-state index is -0.597. The normalized spacial score (nSPS) is 9.94. The fourth-order valence-corrected chi connectivity index (χ4v) is 1.68. The van der Waals surface area contributed by atoms with Crippen molar-refractivity contribution in [1.29, 1.82) is 0 Å². The quantitative estimate of drug-likeness (QED) is 0.664. The largest absolute Gasteiger partial charge is 0.507 e. The number of halogens is 2. The molecule has 2 N–H and O–H groups in total. The van der Waals surface area contributed by atoms with Crippen molar-refractivity contribution < 1.29 is 14.6 Å². The van der Waals surface area contributed by atoms with Crippen molar-refractivity contribution in [3.8, 4) is 11.5 Å². The highest BCUT2D eigenvalue weighted by atomic mass is 79.9. The number of hydrogen-bond acceptors (Lipinski definition) is 3. The van der Waals surface area contributed by atoms with Gasteiger partial charge in [-0.2, -0.15) is 0 Å². The number of carbonyl (C=O) groups excluding carboxylic acids is 1. The predicted octanol–water partition coefficient (Wildman–Crippen LogP) is 2.65. The smallest absolute Gasteiger partial charge is 0.313 e. The third-order valence-corrected chi connectivity index (χ3v) is 2.78. The molecule has 0 aliphatic carbocycles. The first-order valence-electron chi connectivity index (χ1n) is 4.53. The number of nitrogens with one attached hydrogen (secondary N) is 1. The van der Waals surface area contributed by atoms with Gasteiger partial charge in [-0.05, 0) is 51.6 Å². The fourth-order valence-electron chi connectivity index (χ4n) is 1.27. The Hall–Kier alpha value is -0.940. The average Bonchev–Trinajstić information content (AvgIpc) is 2.22. The minimum Gasteiger partial charge on any atom is -0.507 e. The molecule has 0 radical (unpaired) electrons. The van der Waals surface area contributed by atoms with Crippen LogP contribution in [-0.4, -0.2) is 24.1 Å². The SMILES string of the molecule is COc1cc(Br)c(O)cc1CCNC(=O)Cl. The molecule has 1 rings (SSSR count). The summed E-state index contributed by atoms with van der Waals surface area (Å²) in [5, 5.41) is 11.4. The summed E-state index contributed by atoms with van der Waals surface area (Å²) < 4.78 is 5.72. The van der Waals surface area contributed by atoms with Crippen molar-refractivity contribution in [2.45, 2.75) is 6.42 Å². The van der Waals surface area contributed by atoms with Crippen LogP contribution in [0.5, 0.6) is 11.5 Å². The number of amides is 1. The van der Waals surface area contributed by atoms with Crippen molar-refractivity contribution in [2.24, 2.45) is 0 Å². The number of methoxy groups -OCH3 is 1. The van der Waals surface area contributed by atoms with E-state index in [0.717, 1.165) is 5.56 Å². The van der Waals surface area contributed by atoms with Crippen LogP contribution in [0.4, 0.5) is 4.79 Å². The number of aromatic hydroxyl groups is 1. The van der Waals surface area contributed by atoms with Gasteiger partial charge in [-0.1, -0.05) is 0 Å². The van der Waals surface area contributed by atoms with E-state index in [9.17, 15) is 9.90 Å². The molecule has 0 aromatic heterocycles. The molecule has 0 heterocycles. The second-order valence-corrected chi connectivity index (χ2v) is 4.26. The molecule has 6 heteroatoms. The molecule has 0 atom stereocenters. The van der Waals surface area contributed by atoms with Crippen LogP contribution in [0.2, 0.25) is 0 Å². The minimum absolute atomic E-state index is 0.132. The van der Waals surface area contributed by atoms with E-state index < -0.39 is 5.37 Å². The maximum atomic E-state index is 10.5. The highest BCUT2D eigenvalue weighted by Gasteiger charge is 2.08. The lowest BCUT2D eigenvalue weighted by Crippen LogP contribution is -2.19. The number of hydrogen-bond donors (Lipinski definition) is 2. The van der Waals surface area contributed by atoms with Crippen LogP contribution in [0.15, 0.2) is 16.6 Å². The molecule has 88 valence electrons. The monoisotopic (exact) mass is 307 g/mol. The van der Waals surface area contributed by atoms with Gasteiger partial charge >= 0.3 is 5.37 Å². The zero-order valence-corrected chi connectivity index (χ0v) is 10.9. The van der Waals surface area contributed by atoms with Gasteiger partial charge in [0.2, 0.25) is 0 Å². The van der Waals surface area contributed by atoms with Gasteiger partial charge in [0, 0.05) is 6.54 Å². The summed E-state index contributed by atoms with van der Waals surface area (Å²) in [6.45, 7) is 0.389. The van der Waals surface area contributed by atoms with Crippen LogP contribution in [0.1, 0.15) is 5.56 Å². The maximum Gasteiger partial charge on any atom is 0.313 e. The highest BCUT2D eigenvalue weighted by Crippen LogP contribution is 2.31. The Morgan fingerprint density at radius 1 is 1.62 bits per heavy atom. The van der Waals surface area contributed by atoms with E-state index in [-0.39, 0.29) is 5.75 Å². The molecule has 16 heavy (non-hydrogen) atoms. The van der Waals surface area contributed by atoms with Gasteiger partial charge in [0.25, 0.3) is 0 Å². The lowest BCUT2D eigenvalue weighted by Gasteiger charge is -2.10. The van der Waals surface area contributed by atoms with Gasteiger partial charge < -0.3 is 15.2 Å². The molecular weight excluding hydrogens is 297 g/mol. The van der Waals surface area contributed by atoms with E-state index in [0.29, 0.717) is 23.2 Å². The zero-order valence-electron chi connectivity index (χ0n) is 8.59. The fraction of sp³-hybridized carbons (Fsp3) is 0.300. The van der Waals surface area contributed by atoms with Crippen molar-refractivity contribution >= 4 is 32.9 Å². The first-order chi connectivity index (χ1) is 7.54. The van der Waals surface area contributed by atoms with Crippen molar-refractivity contribution in [1.82, 2.24) is 5.32 Å². The van der Waals surface area contributed by atoms with Crippen LogP contribution in [-0.2, 0) is 6.42 Å². The molecule has 0 aliphatic heterocycles. The van der Waals surface area contributed by atoms with Crippen molar-refractivity contribution in [2.75, 3.05) is 13.7 Å². The number of rotatable bonds is 4. The van der Waals surface area contributed by atoms with E-state index in [4.69, 9.17) is 16.3 Å². The molecule has 1 aromatic rings. The molecule has 0 aliphatic rings. The Morgan fingerprint density at radius 2 is 2.31 bits per heavy atom. The predicted molar refractivity (Wildman–Crippen MR) is 65.3 cm³/mol. The molecule has 0 unspecified atom stereocenters. The lowest BCUT2D eigenvalue weighted by molar-refractivity contribution is 0.260. The second-order valence-electron chi connectivity index (χ2n) is 3.07. The average molecular weight is 309 g/mol. The summed E-state index contributed by atoms with van der Waals surface area (Å²) in [7, 11) is 1.54. The van der Waals surface area contributed by atoms with E-state index in [2.05, 4.69) is 21.2 Å². The van der Waals surface area contributed by atoms with E-state index in [1.54, 1.807) is 19.2 Å². The molecule has 0 saturated carbocycles. The molecule has 0 bridgehead atoms. The Balaban J connectivity index is 2.77. The van der Waals surface area contributed by atoms with Crippen LogP contribution in [0.25, 0.3) is 0 Å². The number of benzene rings is 1. The second kappa shape index (κ2) is 5.96. The van der Waals surface area contributed by atoms with Crippen LogP contribution >= 0.6 is 27.5 Å². The van der Waals surface area contributed by atoms with Gasteiger partial charge in [0.15, 0.2) is 0 Å². The molecule has 0 fully saturated rings. The zero-order chi connectivity index (χ0) is 12.1. The lowest BCUT2D eigenvalue weighted by atomic mass is 10.1. The highest BCUT2D eigenvalue weighted by molar-refractivity contribution is 9.10. The first kappa shape index (κ1) is 13.1. The van der Waals surface area contributed by atoms with Crippen molar-refractivity contribution in [3.05, 3.63) is 22.2 Å². The Kier molecular flexibility index (Phi) is 4.89. The third-order valence-electron chi connectivity index (χ3n) is 2.01. The standard InChI is InChI=1S/C10H11BrClNO3/c1-16-9-5-7(11)8(14)4-6(9)2-3-13-10(12)15/h4-5,14H,2-3H2,1H3,(H,13,15). The van der Waals surface area contributed by atoms with E-state index in [1.165, 1.54) is 0 Å². The summed E-state index contributed by atoms with van der Waals surface area (Å²) >= 11 is 8.33. The summed E-state index contributed by atoms with van der Waals surface area (Å²) in [5.74, 6) is 0.779. The molecule has 0 spiro atoms.